The first-order valence-electron chi connectivity index (χ1n) is 24.1. The summed E-state index contributed by atoms with van der Waals surface area (Å²) in [6.07, 6.45) is 17.2. The van der Waals surface area contributed by atoms with Crippen molar-refractivity contribution in [2.45, 2.75) is 125 Å². The average Bonchev–Trinajstić information content (AvgIpc) is 3.62. The Balaban J connectivity index is 0.789. The van der Waals surface area contributed by atoms with Crippen LogP contribution in [0.5, 0.6) is 11.5 Å². The van der Waals surface area contributed by atoms with Gasteiger partial charge in [-0.05, 0) is 157 Å². The number of esters is 2. The zero-order valence-corrected chi connectivity index (χ0v) is 38.4. The van der Waals surface area contributed by atoms with Crippen LogP contribution < -0.4 is 9.47 Å². The van der Waals surface area contributed by atoms with Gasteiger partial charge in [-0.3, -0.25) is 0 Å². The van der Waals surface area contributed by atoms with Gasteiger partial charge in [0.05, 0.1) is 37.6 Å². The second-order valence-electron chi connectivity index (χ2n) is 20.8. The van der Waals surface area contributed by atoms with Crippen LogP contribution in [0.25, 0.3) is 11.1 Å². The van der Waals surface area contributed by atoms with Crippen LogP contribution in [0.3, 0.4) is 0 Å². The molecular weight excluding hydrogens is 773 g/mol. The van der Waals surface area contributed by atoms with Gasteiger partial charge >= 0.3 is 11.9 Å². The molecule has 0 amide bonds. The minimum atomic E-state index is -0.456. The first-order chi connectivity index (χ1) is 29.9. The zero-order valence-electron chi connectivity index (χ0n) is 38.4. The fourth-order valence-electron chi connectivity index (χ4n) is 12.6. The lowest BCUT2D eigenvalue weighted by Gasteiger charge is -2.58. The van der Waals surface area contributed by atoms with Crippen LogP contribution in [0.15, 0.2) is 84.4 Å². The number of allylic oxidation sites excluding steroid dienone is 1. The number of rotatable bonds is 17. The van der Waals surface area contributed by atoms with Gasteiger partial charge in [-0.2, -0.15) is 0 Å². The summed E-state index contributed by atoms with van der Waals surface area (Å²) in [4.78, 5) is 26.5. The number of ether oxygens (including phenoxy) is 5. The Hall–Kier alpha value is -3.94. The molecule has 0 aromatic heterocycles. The van der Waals surface area contributed by atoms with E-state index in [1.165, 1.54) is 56.9 Å². The maximum Gasteiger partial charge on any atom is 0.343 e. The Kier molecular flexibility index (Phi) is 13.7. The highest BCUT2D eigenvalue weighted by Crippen LogP contribution is 2.67. The maximum absolute atomic E-state index is 13.4. The van der Waals surface area contributed by atoms with Gasteiger partial charge in [-0.25, -0.2) is 9.59 Å². The van der Waals surface area contributed by atoms with E-state index in [-0.39, 0.29) is 22.9 Å². The molecule has 4 aliphatic carbocycles. The zero-order chi connectivity index (χ0) is 43.5. The fraction of sp³-hybridized carbons (Fsp3) is 0.600. The van der Waals surface area contributed by atoms with Crippen molar-refractivity contribution < 1.29 is 33.3 Å². The van der Waals surface area contributed by atoms with Gasteiger partial charge in [0, 0.05) is 11.8 Å². The minimum absolute atomic E-state index is 0.113. The topological polar surface area (TPSA) is 80.3 Å². The number of carbonyl (C=O) groups excluding carboxylic acids is 2. The fourth-order valence-corrected chi connectivity index (χ4v) is 12.6. The summed E-state index contributed by atoms with van der Waals surface area (Å²) in [6.45, 7) is 17.9. The molecule has 5 aliphatic rings. The van der Waals surface area contributed by atoms with Gasteiger partial charge in [0.25, 0.3) is 0 Å². The monoisotopic (exact) mass is 845 g/mol. The van der Waals surface area contributed by atoms with E-state index >= 15 is 0 Å². The molecule has 7 nitrogen and oxygen atoms in total. The lowest BCUT2D eigenvalue weighted by molar-refractivity contribution is -0.151. The number of fused-ring (bicyclic) bond motifs is 5. The van der Waals surface area contributed by atoms with E-state index in [1.807, 2.05) is 36.4 Å². The first-order valence-corrected chi connectivity index (χ1v) is 24.1. The second kappa shape index (κ2) is 19.0. The van der Waals surface area contributed by atoms with Gasteiger partial charge in [-0.15, -0.1) is 0 Å². The molecule has 3 saturated carbocycles. The Bertz CT molecular complexity index is 2010. The molecule has 3 aromatic carbocycles. The molecule has 8 unspecified atom stereocenters. The van der Waals surface area contributed by atoms with Gasteiger partial charge in [0.15, 0.2) is 0 Å². The van der Waals surface area contributed by atoms with Crippen LogP contribution in [-0.4, -0.2) is 51.1 Å². The van der Waals surface area contributed by atoms with E-state index in [2.05, 4.69) is 47.6 Å². The molecule has 0 N–H and O–H groups in total. The van der Waals surface area contributed by atoms with E-state index in [0.29, 0.717) is 42.1 Å². The van der Waals surface area contributed by atoms with Gasteiger partial charge in [0.2, 0.25) is 0 Å². The van der Waals surface area contributed by atoms with Crippen molar-refractivity contribution in [1.29, 1.82) is 0 Å². The number of hydrogen-bond acceptors (Lipinski definition) is 7. The van der Waals surface area contributed by atoms with E-state index in [4.69, 9.17) is 23.7 Å². The number of carbonyl (C=O) groups is 2. The summed E-state index contributed by atoms with van der Waals surface area (Å²) < 4.78 is 28.9. The minimum Gasteiger partial charge on any atom is -0.491 e. The molecule has 0 spiro atoms. The predicted molar refractivity (Wildman–Crippen MR) is 245 cm³/mol. The molecule has 8 rings (SSSR count). The third-order valence-corrected chi connectivity index (χ3v) is 16.6. The summed E-state index contributed by atoms with van der Waals surface area (Å²) in [6, 6.07) is 22.0. The largest absolute Gasteiger partial charge is 0.491 e. The van der Waals surface area contributed by atoms with E-state index in [1.54, 1.807) is 36.4 Å². The Morgan fingerprint density at radius 3 is 2.11 bits per heavy atom. The summed E-state index contributed by atoms with van der Waals surface area (Å²) in [7, 11) is 0. The third-order valence-electron chi connectivity index (χ3n) is 16.6. The second-order valence-corrected chi connectivity index (χ2v) is 20.8. The number of hydrogen-bond donors (Lipinski definition) is 0. The highest BCUT2D eigenvalue weighted by molar-refractivity contribution is 5.92. The first kappa shape index (κ1) is 44.7. The molecule has 1 saturated heterocycles. The molecule has 8 atom stereocenters. The quantitative estimate of drug-likeness (QED) is 0.0579. The van der Waals surface area contributed by atoms with Crippen LogP contribution in [0.1, 0.15) is 139 Å². The smallest absolute Gasteiger partial charge is 0.343 e. The molecule has 1 heterocycles. The van der Waals surface area contributed by atoms with Crippen molar-refractivity contribution in [1.82, 2.24) is 0 Å². The summed E-state index contributed by atoms with van der Waals surface area (Å²) in [5.74, 6) is 5.25. The predicted octanol–water partition coefficient (Wildman–Crippen LogP) is 13.0. The van der Waals surface area contributed by atoms with Crippen LogP contribution in [0.2, 0.25) is 0 Å². The third kappa shape index (κ3) is 9.46. The van der Waals surface area contributed by atoms with Crippen molar-refractivity contribution in [2.24, 2.45) is 51.8 Å². The van der Waals surface area contributed by atoms with Crippen LogP contribution in [0, 0.1) is 51.8 Å². The summed E-state index contributed by atoms with van der Waals surface area (Å²) in [5.41, 5.74) is 5.31. The van der Waals surface area contributed by atoms with Crippen molar-refractivity contribution in [3.63, 3.8) is 0 Å². The van der Waals surface area contributed by atoms with Gasteiger partial charge in [0.1, 0.15) is 24.2 Å². The molecule has 334 valence electrons. The Morgan fingerprint density at radius 1 is 0.758 bits per heavy atom. The molecular formula is C55H72O7. The highest BCUT2D eigenvalue weighted by Gasteiger charge is 2.59. The van der Waals surface area contributed by atoms with Gasteiger partial charge < -0.3 is 23.7 Å². The Labute approximate surface area is 371 Å². The van der Waals surface area contributed by atoms with E-state index < -0.39 is 5.97 Å². The maximum atomic E-state index is 13.4. The molecule has 3 aromatic rings. The van der Waals surface area contributed by atoms with E-state index in [9.17, 15) is 9.59 Å². The molecule has 1 aliphatic heterocycles. The van der Waals surface area contributed by atoms with Crippen molar-refractivity contribution in [3.05, 3.63) is 95.6 Å². The normalized spacial score (nSPS) is 29.0. The van der Waals surface area contributed by atoms with Crippen molar-refractivity contribution >= 4 is 11.9 Å². The lowest BCUT2D eigenvalue weighted by Crippen LogP contribution is -2.51. The number of benzene rings is 3. The molecule has 4 fully saturated rings. The Morgan fingerprint density at radius 2 is 1.44 bits per heavy atom. The summed E-state index contributed by atoms with van der Waals surface area (Å²) >= 11 is 0. The van der Waals surface area contributed by atoms with Crippen LogP contribution >= 0.6 is 0 Å². The van der Waals surface area contributed by atoms with Gasteiger partial charge in [-0.1, -0.05) is 96.7 Å². The summed E-state index contributed by atoms with van der Waals surface area (Å²) in [5, 5.41) is 0. The van der Waals surface area contributed by atoms with E-state index in [0.717, 1.165) is 91.3 Å². The van der Waals surface area contributed by atoms with Crippen LogP contribution in [0.4, 0.5) is 0 Å². The van der Waals surface area contributed by atoms with Crippen molar-refractivity contribution in [3.8, 4) is 22.6 Å². The SMILES string of the molecule is CCC1(COCCOc2ccc(-c3ccc(C(=O)Oc4ccc(C(=O)OC5CCC6(C)C(=CCC7C6CCC6(C)C(C(C)CCCC(C)C)CCC76)C5)cc4)cc3)cc2)COC1. The highest BCUT2D eigenvalue weighted by atomic mass is 16.5. The van der Waals surface area contributed by atoms with Crippen molar-refractivity contribution in [2.75, 3.05) is 33.0 Å². The average molecular weight is 845 g/mol. The standard InChI is InChI=1S/C55H72O7/c1-7-55(35-59-36-55)34-58-31-32-60-44-20-15-40(16-21-44)39-11-13-41(14-12-39)51(56)61-45-22-17-42(18-23-45)52(57)62-46-27-29-53(5)43(33-46)19-24-47-49-26-25-48(38(4)10-8-9-37(2)3)54(49,6)30-28-50(47)53/h11-23,37-38,46-50H,7-10,24-36H2,1-6H3. The molecule has 0 bridgehead atoms. The van der Waals surface area contributed by atoms with Crippen LogP contribution in [-0.2, 0) is 14.2 Å². The molecule has 7 heteroatoms. The lowest BCUT2D eigenvalue weighted by atomic mass is 9.47. The molecule has 0 radical (unpaired) electrons. The molecule has 62 heavy (non-hydrogen) atoms.